The van der Waals surface area contributed by atoms with E-state index in [4.69, 9.17) is 23.9 Å². The first kappa shape index (κ1) is 43.6. The molecule has 7 rings (SSSR count). The number of benzene rings is 5. The van der Waals surface area contributed by atoms with Crippen LogP contribution < -0.4 is 29.7 Å². The molecular weight excluding hydrogens is 805 g/mol. The highest BCUT2D eigenvalue weighted by molar-refractivity contribution is 7.99. The second-order valence-electron chi connectivity index (χ2n) is 15.1. The Labute approximate surface area is 363 Å². The summed E-state index contributed by atoms with van der Waals surface area (Å²) in [5.74, 6) is 1.19. The van der Waals surface area contributed by atoms with Gasteiger partial charge in [-0.05, 0) is 105 Å². The van der Waals surface area contributed by atoms with Crippen molar-refractivity contribution in [1.82, 2.24) is 9.62 Å². The molecule has 13 nitrogen and oxygen atoms in total. The fourth-order valence-corrected chi connectivity index (χ4v) is 8.29. The quantitative estimate of drug-likeness (QED) is 0.0781. The van der Waals surface area contributed by atoms with Gasteiger partial charge in [0.15, 0.2) is 23.5 Å². The smallest absolute Gasteiger partial charge is 0.278 e. The van der Waals surface area contributed by atoms with Gasteiger partial charge in [0.1, 0.15) is 28.9 Å². The summed E-state index contributed by atoms with van der Waals surface area (Å²) in [7, 11) is -2.80. The molecule has 1 amide bonds. The summed E-state index contributed by atoms with van der Waals surface area (Å²) in [4.78, 5) is 26.4. The molecule has 0 spiro atoms. The summed E-state index contributed by atoms with van der Waals surface area (Å²) < 4.78 is 53.5. The van der Waals surface area contributed by atoms with Crippen molar-refractivity contribution in [1.29, 1.82) is 0 Å². The van der Waals surface area contributed by atoms with E-state index in [1.165, 1.54) is 13.2 Å². The van der Waals surface area contributed by atoms with Gasteiger partial charge in [-0.15, -0.1) is 0 Å². The second kappa shape index (κ2) is 19.5. The van der Waals surface area contributed by atoms with Crippen molar-refractivity contribution in [3.8, 4) is 23.0 Å². The highest BCUT2D eigenvalue weighted by Gasteiger charge is 2.36. The van der Waals surface area contributed by atoms with E-state index in [0.29, 0.717) is 48.1 Å². The van der Waals surface area contributed by atoms with Crippen LogP contribution in [-0.2, 0) is 19.6 Å². The largest absolute Gasteiger partial charge is 0.478 e. The minimum absolute atomic E-state index is 0.00725. The van der Waals surface area contributed by atoms with Crippen molar-refractivity contribution in [3.05, 3.63) is 143 Å². The van der Waals surface area contributed by atoms with E-state index in [9.17, 15) is 13.2 Å². The lowest BCUT2D eigenvalue weighted by molar-refractivity contribution is -0.110. The molecule has 0 saturated carbocycles. The summed E-state index contributed by atoms with van der Waals surface area (Å²) in [6.07, 6.45) is 1.61. The molecule has 1 fully saturated rings. The Hall–Kier alpha value is -6.48. The Kier molecular flexibility index (Phi) is 13.7. The number of hydrogen-bond donors (Lipinski definition) is 2. The summed E-state index contributed by atoms with van der Waals surface area (Å²) in [6, 6.07) is 33.1. The third-order valence-electron chi connectivity index (χ3n) is 10.5. The topological polar surface area (TPSA) is 143 Å². The lowest BCUT2D eigenvalue weighted by atomic mass is 10.1. The van der Waals surface area contributed by atoms with Gasteiger partial charge in [0.25, 0.3) is 15.9 Å². The van der Waals surface area contributed by atoms with Gasteiger partial charge in [0, 0.05) is 31.9 Å². The first-order valence-corrected chi connectivity index (χ1v) is 22.0. The third kappa shape index (κ3) is 10.3. The van der Waals surface area contributed by atoms with Crippen LogP contribution in [0.3, 0.4) is 0 Å². The third-order valence-corrected chi connectivity index (χ3v) is 12.2. The molecule has 62 heavy (non-hydrogen) atoms. The molecule has 0 aliphatic carbocycles. The minimum Gasteiger partial charge on any atom is -0.478 e. The maximum Gasteiger partial charge on any atom is 0.278 e. The molecule has 2 heterocycles. The lowest BCUT2D eigenvalue weighted by Crippen LogP contribution is -2.44. The number of nitrogens with one attached hydrogen (secondary N) is 2. The van der Waals surface area contributed by atoms with Crippen LogP contribution in [0.25, 0.3) is 4.91 Å². The summed E-state index contributed by atoms with van der Waals surface area (Å²) in [5, 5.41) is 6.27. The van der Waals surface area contributed by atoms with E-state index < -0.39 is 15.9 Å². The molecule has 2 N–H and O–H groups in total. The molecule has 0 radical (unpaired) electrons. The van der Waals surface area contributed by atoms with Crippen molar-refractivity contribution >= 4 is 49.4 Å². The number of rotatable bonds is 15. The zero-order valence-corrected chi connectivity index (χ0v) is 36.7. The van der Waals surface area contributed by atoms with Gasteiger partial charge in [-0.25, -0.2) is 23.7 Å². The van der Waals surface area contributed by atoms with Gasteiger partial charge in [0.2, 0.25) is 0 Å². The fraction of sp³-hybridized carbons (Fsp3) is 0.271. The molecule has 5 aromatic rings. The molecule has 2 aliphatic heterocycles. The molecule has 322 valence electrons. The molecule has 5 aromatic carbocycles. The molecule has 1 saturated heterocycles. The van der Waals surface area contributed by atoms with Crippen LogP contribution in [0.15, 0.2) is 125 Å². The number of amides is 1. The molecule has 0 bridgehead atoms. The molecule has 1 atom stereocenters. The van der Waals surface area contributed by atoms with E-state index in [1.807, 2.05) is 89.2 Å². The molecule has 1 unspecified atom stereocenters. The number of aryl methyl sites for hydroxylation is 4. The fourth-order valence-electron chi connectivity index (χ4n) is 7.02. The zero-order chi connectivity index (χ0) is 43.8. The molecular formula is C48H52N6O7S. The van der Waals surface area contributed by atoms with Crippen LogP contribution in [0.4, 0.5) is 17.1 Å². The second-order valence-corrected chi connectivity index (χ2v) is 17.1. The van der Waals surface area contributed by atoms with Gasteiger partial charge in [-0.2, -0.15) is 0 Å². The monoisotopic (exact) mass is 856 g/mol. The number of sulfonamides is 1. The van der Waals surface area contributed by atoms with Gasteiger partial charge in [-0.1, -0.05) is 67.1 Å². The number of aliphatic imine (C=N–C) groups is 2. The highest BCUT2D eigenvalue weighted by atomic mass is 32.2. The number of carbonyl (C=O) groups excluding carboxylic acids is 1. The van der Waals surface area contributed by atoms with Gasteiger partial charge >= 0.3 is 0 Å². The maximum atomic E-state index is 14.8. The lowest BCUT2D eigenvalue weighted by Gasteiger charge is -2.29. The predicted molar refractivity (Wildman–Crippen MR) is 245 cm³/mol. The van der Waals surface area contributed by atoms with E-state index in [-0.39, 0.29) is 35.1 Å². The summed E-state index contributed by atoms with van der Waals surface area (Å²) >= 11 is 0. The van der Waals surface area contributed by atoms with Crippen LogP contribution in [-0.4, -0.2) is 76.5 Å². The average molecular weight is 857 g/mol. The van der Waals surface area contributed by atoms with Gasteiger partial charge < -0.3 is 29.2 Å². The van der Waals surface area contributed by atoms with Gasteiger partial charge in [-0.3, -0.25) is 9.10 Å². The number of hydrogen-bond acceptors (Lipinski definition) is 11. The van der Waals surface area contributed by atoms with Gasteiger partial charge in [0.05, 0.1) is 30.8 Å². The first-order chi connectivity index (χ1) is 29.9. The number of nitrogens with zero attached hydrogens (tertiary/aromatic N) is 4. The summed E-state index contributed by atoms with van der Waals surface area (Å²) in [5.41, 5.74) is 5.90. The van der Waals surface area contributed by atoms with Crippen LogP contribution >= 0.6 is 0 Å². The summed E-state index contributed by atoms with van der Waals surface area (Å²) in [6.45, 7) is 12.8. The van der Waals surface area contributed by atoms with Crippen molar-refractivity contribution in [2.45, 2.75) is 47.3 Å². The Bertz CT molecular complexity index is 2620. The molecule has 2 aliphatic rings. The minimum atomic E-state index is -4.16. The van der Waals surface area contributed by atoms with Crippen LogP contribution in [0.2, 0.25) is 0 Å². The number of ether oxygens (including phenoxy) is 4. The Morgan fingerprint density at radius 1 is 0.839 bits per heavy atom. The molecule has 0 aromatic heterocycles. The number of amidine groups is 1. The van der Waals surface area contributed by atoms with E-state index in [1.54, 1.807) is 48.5 Å². The first-order valence-electron chi connectivity index (χ1n) is 20.5. The van der Waals surface area contributed by atoms with E-state index >= 15 is 0 Å². The predicted octanol–water partition coefficient (Wildman–Crippen LogP) is 8.67. The van der Waals surface area contributed by atoms with Crippen molar-refractivity contribution in [2.75, 3.05) is 50.3 Å². The van der Waals surface area contributed by atoms with E-state index in [0.717, 1.165) is 51.1 Å². The maximum absolute atomic E-state index is 14.8. The van der Waals surface area contributed by atoms with Crippen molar-refractivity contribution in [2.24, 2.45) is 9.98 Å². The average Bonchev–Trinajstić information content (AvgIpc) is 3.26. The van der Waals surface area contributed by atoms with Crippen LogP contribution in [0.5, 0.6) is 23.0 Å². The Morgan fingerprint density at radius 2 is 1.60 bits per heavy atom. The number of anilines is 2. The van der Waals surface area contributed by atoms with Crippen molar-refractivity contribution < 1.29 is 32.2 Å². The zero-order valence-electron chi connectivity index (χ0n) is 35.8. The Balaban J connectivity index is 1.23. The van der Waals surface area contributed by atoms with E-state index in [2.05, 4.69) is 26.6 Å². The van der Waals surface area contributed by atoms with Crippen molar-refractivity contribution in [3.63, 3.8) is 0 Å². The SMILES string of the molecule is CCC(NCOc1ccc(Oc2cccc(C)c2)c(NC(=O)C(=Nc2ccc(N3CCOCC3)cc2C)C2=NC=C(c3ccccc3)S(=O)(=O)N2C)c1)Oc1ccc(C)cc1C. The van der Waals surface area contributed by atoms with Crippen LogP contribution in [0.1, 0.15) is 41.2 Å². The Morgan fingerprint density at radius 3 is 2.32 bits per heavy atom. The van der Waals surface area contributed by atoms with Crippen LogP contribution in [0, 0.1) is 27.7 Å². The molecule has 14 heteroatoms. The highest BCUT2D eigenvalue weighted by Crippen LogP contribution is 2.35. The normalized spacial score (nSPS) is 15.6. The number of carbonyl (C=O) groups is 1. The standard InChI is InChI=1S/C48H52N6O7S/c1-7-45(61-42-20-16-33(3)26-35(42)5)50-31-59-38-18-21-43(60-39-15-11-12-32(2)27-39)41(29-38)52-48(55)46(51-40-19-17-37(28-34(40)4)54-22-24-58-25-23-54)47-49-30-44(62(56,57)53(47)6)36-13-9-8-10-14-36/h8-21,26-30,45,50H,7,22-25,31H2,1-6H3,(H,52,55). The number of morpholine rings is 1.